The van der Waals surface area contributed by atoms with Crippen LogP contribution in [0.25, 0.3) is 6.08 Å². The van der Waals surface area contributed by atoms with Crippen molar-refractivity contribution in [1.82, 2.24) is 0 Å². The van der Waals surface area contributed by atoms with Crippen molar-refractivity contribution in [3.8, 4) is 6.07 Å². The summed E-state index contributed by atoms with van der Waals surface area (Å²) in [7, 11) is 0. The Hall–Kier alpha value is -1.20. The van der Waals surface area contributed by atoms with E-state index in [0.717, 1.165) is 10.5 Å². The van der Waals surface area contributed by atoms with Crippen molar-refractivity contribution in [1.29, 1.82) is 5.26 Å². The minimum atomic E-state index is 0.683. The maximum atomic E-state index is 8.63. The fourth-order valence-electron chi connectivity index (χ4n) is 0.963. The Morgan fingerprint density at radius 1 is 1.58 bits per heavy atom. The van der Waals surface area contributed by atoms with Gasteiger partial charge >= 0.3 is 0 Å². The molecule has 0 saturated carbocycles. The second-order valence-electron chi connectivity index (χ2n) is 2.27. The molecule has 0 aliphatic rings. The highest BCUT2D eigenvalue weighted by molar-refractivity contribution is 7.98. The minimum Gasteiger partial charge on any atom is -0.192 e. The third-order valence-corrected chi connectivity index (χ3v) is 2.39. The first kappa shape index (κ1) is 8.89. The fourth-order valence-corrected chi connectivity index (χ4v) is 1.55. The Morgan fingerprint density at radius 2 is 2.33 bits per heavy atom. The Kier molecular flexibility index (Phi) is 2.95. The van der Waals surface area contributed by atoms with Gasteiger partial charge in [0.15, 0.2) is 0 Å². The average molecular weight is 175 g/mol. The van der Waals surface area contributed by atoms with Crippen molar-refractivity contribution in [2.45, 2.75) is 4.90 Å². The van der Waals surface area contributed by atoms with E-state index in [4.69, 9.17) is 5.26 Å². The van der Waals surface area contributed by atoms with E-state index < -0.39 is 0 Å². The zero-order valence-corrected chi connectivity index (χ0v) is 7.69. The van der Waals surface area contributed by atoms with Gasteiger partial charge in [0, 0.05) is 4.90 Å². The summed E-state index contributed by atoms with van der Waals surface area (Å²) in [5.41, 5.74) is 1.71. The number of thioether (sulfide) groups is 1. The van der Waals surface area contributed by atoms with Gasteiger partial charge < -0.3 is 0 Å². The topological polar surface area (TPSA) is 23.8 Å². The normalized spacial score (nSPS) is 9.00. The lowest BCUT2D eigenvalue weighted by Gasteiger charge is -2.01. The van der Waals surface area contributed by atoms with Crippen LogP contribution in [0.3, 0.4) is 0 Å². The van der Waals surface area contributed by atoms with Crippen LogP contribution in [0.1, 0.15) is 11.1 Å². The minimum absolute atomic E-state index is 0.683. The quantitative estimate of drug-likeness (QED) is 0.645. The fraction of sp³-hybridized carbons (Fsp3) is 0.100. The second kappa shape index (κ2) is 3.99. The molecule has 2 heteroatoms. The number of hydrogen-bond donors (Lipinski definition) is 0. The molecule has 0 spiro atoms. The van der Waals surface area contributed by atoms with Crippen LogP contribution in [0.5, 0.6) is 0 Å². The summed E-state index contributed by atoms with van der Waals surface area (Å²) in [5, 5.41) is 8.63. The van der Waals surface area contributed by atoms with Crippen LogP contribution in [0.2, 0.25) is 0 Å². The smallest absolute Gasteiger partial charge is 0.0991 e. The van der Waals surface area contributed by atoms with E-state index in [9.17, 15) is 0 Å². The van der Waals surface area contributed by atoms with Gasteiger partial charge in [0.05, 0.1) is 11.6 Å². The van der Waals surface area contributed by atoms with Gasteiger partial charge in [-0.1, -0.05) is 12.7 Å². The van der Waals surface area contributed by atoms with E-state index in [0.29, 0.717) is 5.56 Å². The van der Waals surface area contributed by atoms with Crippen molar-refractivity contribution in [2.75, 3.05) is 6.26 Å². The van der Waals surface area contributed by atoms with Gasteiger partial charge in [0.1, 0.15) is 0 Å². The number of nitrogens with zero attached hydrogens (tertiary/aromatic N) is 1. The van der Waals surface area contributed by atoms with Crippen LogP contribution < -0.4 is 0 Å². The molecule has 0 bridgehead atoms. The molecule has 1 rings (SSSR count). The second-order valence-corrected chi connectivity index (χ2v) is 3.12. The Labute approximate surface area is 76.7 Å². The molecule has 0 saturated heterocycles. The van der Waals surface area contributed by atoms with Gasteiger partial charge in [0.25, 0.3) is 0 Å². The maximum absolute atomic E-state index is 8.63. The summed E-state index contributed by atoms with van der Waals surface area (Å²) in [6.07, 6.45) is 3.78. The molecule has 12 heavy (non-hydrogen) atoms. The zero-order valence-electron chi connectivity index (χ0n) is 6.87. The van der Waals surface area contributed by atoms with E-state index in [-0.39, 0.29) is 0 Å². The first-order valence-corrected chi connectivity index (χ1v) is 4.75. The lowest BCUT2D eigenvalue weighted by molar-refractivity contribution is 1.39. The summed E-state index contributed by atoms with van der Waals surface area (Å²) in [6, 6.07) is 7.70. The first-order chi connectivity index (χ1) is 5.81. The summed E-state index contributed by atoms with van der Waals surface area (Å²) >= 11 is 1.66. The largest absolute Gasteiger partial charge is 0.192 e. The molecule has 0 atom stereocenters. The maximum Gasteiger partial charge on any atom is 0.0991 e. The van der Waals surface area contributed by atoms with Crippen LogP contribution in [-0.2, 0) is 0 Å². The summed E-state index contributed by atoms with van der Waals surface area (Å²) in [4.78, 5) is 1.16. The number of nitriles is 1. The molecule has 1 aromatic carbocycles. The monoisotopic (exact) mass is 175 g/mol. The third-order valence-electron chi connectivity index (χ3n) is 1.58. The molecule has 0 heterocycles. The molecular weight excluding hydrogens is 166 g/mol. The average Bonchev–Trinajstić information content (AvgIpc) is 2.16. The summed E-state index contributed by atoms with van der Waals surface area (Å²) in [5.74, 6) is 0. The van der Waals surface area contributed by atoms with Crippen molar-refractivity contribution >= 4 is 17.8 Å². The third kappa shape index (κ3) is 1.69. The number of hydrogen-bond acceptors (Lipinski definition) is 2. The molecule has 60 valence electrons. The van der Waals surface area contributed by atoms with Gasteiger partial charge in [0.2, 0.25) is 0 Å². The molecule has 0 amide bonds. The van der Waals surface area contributed by atoms with E-state index in [1.165, 1.54) is 0 Å². The van der Waals surface area contributed by atoms with Gasteiger partial charge in [-0.05, 0) is 30.0 Å². The molecule has 1 nitrogen and oxygen atoms in total. The van der Waals surface area contributed by atoms with Gasteiger partial charge in [-0.2, -0.15) is 5.26 Å². The van der Waals surface area contributed by atoms with Crippen LogP contribution in [0.15, 0.2) is 29.7 Å². The Balaban J connectivity index is 3.21. The molecule has 0 radical (unpaired) electrons. The van der Waals surface area contributed by atoms with Gasteiger partial charge in [-0.25, -0.2) is 0 Å². The van der Waals surface area contributed by atoms with E-state index >= 15 is 0 Å². The zero-order chi connectivity index (χ0) is 8.97. The molecule has 0 unspecified atom stereocenters. The molecule has 0 fully saturated rings. The lowest BCUT2D eigenvalue weighted by Crippen LogP contribution is -1.80. The molecule has 1 aromatic rings. The highest BCUT2D eigenvalue weighted by Crippen LogP contribution is 2.22. The molecule has 0 aliphatic heterocycles. The SMILES string of the molecule is C=Cc1cc(C#N)ccc1SC. The van der Waals surface area contributed by atoms with Crippen LogP contribution in [0.4, 0.5) is 0 Å². The highest BCUT2D eigenvalue weighted by Gasteiger charge is 1.98. The van der Waals surface area contributed by atoms with Gasteiger partial charge in [-0.15, -0.1) is 11.8 Å². The Morgan fingerprint density at radius 3 is 2.83 bits per heavy atom. The molecule has 0 aliphatic carbocycles. The van der Waals surface area contributed by atoms with Crippen LogP contribution >= 0.6 is 11.8 Å². The summed E-state index contributed by atoms with van der Waals surface area (Å²) < 4.78 is 0. The lowest BCUT2D eigenvalue weighted by atomic mass is 10.1. The van der Waals surface area contributed by atoms with Crippen molar-refractivity contribution in [3.63, 3.8) is 0 Å². The predicted molar refractivity (Wildman–Crippen MR) is 53.0 cm³/mol. The molecular formula is C10H9NS. The van der Waals surface area contributed by atoms with E-state index in [1.807, 2.05) is 24.5 Å². The van der Waals surface area contributed by atoms with Crippen molar-refractivity contribution in [3.05, 3.63) is 35.9 Å². The van der Waals surface area contributed by atoms with Crippen LogP contribution in [-0.4, -0.2) is 6.26 Å². The number of rotatable bonds is 2. The van der Waals surface area contributed by atoms with E-state index in [2.05, 4.69) is 12.6 Å². The van der Waals surface area contributed by atoms with E-state index in [1.54, 1.807) is 17.8 Å². The molecule has 0 aromatic heterocycles. The van der Waals surface area contributed by atoms with Crippen molar-refractivity contribution < 1.29 is 0 Å². The summed E-state index contributed by atoms with van der Waals surface area (Å²) in [6.45, 7) is 3.69. The standard InChI is InChI=1S/C10H9NS/c1-3-9-6-8(7-11)4-5-10(9)12-2/h3-6H,1H2,2H3. The molecule has 0 N–H and O–H groups in total. The van der Waals surface area contributed by atoms with Crippen LogP contribution in [0, 0.1) is 11.3 Å². The number of benzene rings is 1. The predicted octanol–water partition coefficient (Wildman–Crippen LogP) is 2.92. The Bertz CT molecular complexity index is 336. The van der Waals surface area contributed by atoms with Crippen molar-refractivity contribution in [2.24, 2.45) is 0 Å². The van der Waals surface area contributed by atoms with Gasteiger partial charge in [-0.3, -0.25) is 0 Å². The first-order valence-electron chi connectivity index (χ1n) is 3.52. The highest BCUT2D eigenvalue weighted by atomic mass is 32.2.